The van der Waals surface area contributed by atoms with E-state index in [1.165, 1.54) is 12.5 Å². The van der Waals surface area contributed by atoms with E-state index in [2.05, 4.69) is 0 Å². The predicted molar refractivity (Wildman–Crippen MR) is 50.6 cm³/mol. The SMILES string of the molecule is ClC1=C(C2=COC=CO2)CCC=C1. The van der Waals surface area contributed by atoms with Crippen molar-refractivity contribution in [1.82, 2.24) is 0 Å². The molecule has 0 amide bonds. The molecule has 2 nitrogen and oxygen atoms in total. The average molecular weight is 197 g/mol. The molecule has 0 atom stereocenters. The van der Waals surface area contributed by atoms with Crippen molar-refractivity contribution in [2.75, 3.05) is 0 Å². The summed E-state index contributed by atoms with van der Waals surface area (Å²) in [7, 11) is 0. The Labute approximate surface area is 81.8 Å². The van der Waals surface area contributed by atoms with E-state index in [4.69, 9.17) is 21.1 Å². The van der Waals surface area contributed by atoms with Crippen LogP contribution in [0.5, 0.6) is 0 Å². The van der Waals surface area contributed by atoms with Crippen molar-refractivity contribution < 1.29 is 9.47 Å². The highest BCUT2D eigenvalue weighted by molar-refractivity contribution is 6.31. The largest absolute Gasteiger partial charge is 0.466 e. The summed E-state index contributed by atoms with van der Waals surface area (Å²) in [5.74, 6) is 0.705. The van der Waals surface area contributed by atoms with E-state index in [0.29, 0.717) is 5.76 Å². The summed E-state index contributed by atoms with van der Waals surface area (Å²) in [4.78, 5) is 0. The minimum atomic E-state index is 0.705. The third kappa shape index (κ3) is 1.78. The van der Waals surface area contributed by atoms with Crippen molar-refractivity contribution in [2.24, 2.45) is 0 Å². The van der Waals surface area contributed by atoms with Crippen LogP contribution < -0.4 is 0 Å². The first-order valence-corrected chi connectivity index (χ1v) is 4.48. The molecule has 3 heteroatoms. The fourth-order valence-electron chi connectivity index (χ4n) is 1.28. The number of hydrogen-bond donors (Lipinski definition) is 0. The molecular formula is C10H9ClO2. The number of ether oxygens (including phenoxy) is 2. The Kier molecular flexibility index (Phi) is 2.41. The molecule has 0 bridgehead atoms. The second-order valence-electron chi connectivity index (χ2n) is 2.78. The maximum absolute atomic E-state index is 6.01. The van der Waals surface area contributed by atoms with E-state index in [0.717, 1.165) is 23.4 Å². The van der Waals surface area contributed by atoms with Crippen LogP contribution in [0.1, 0.15) is 12.8 Å². The maximum Gasteiger partial charge on any atom is 0.166 e. The van der Waals surface area contributed by atoms with Gasteiger partial charge in [0.2, 0.25) is 0 Å². The van der Waals surface area contributed by atoms with Crippen LogP contribution in [-0.4, -0.2) is 0 Å². The zero-order chi connectivity index (χ0) is 9.10. The Balaban J connectivity index is 2.24. The lowest BCUT2D eigenvalue weighted by Crippen LogP contribution is -2.00. The maximum atomic E-state index is 6.01. The van der Waals surface area contributed by atoms with Crippen molar-refractivity contribution in [1.29, 1.82) is 0 Å². The number of hydrogen-bond acceptors (Lipinski definition) is 2. The molecule has 0 N–H and O–H groups in total. The highest BCUT2D eigenvalue weighted by atomic mass is 35.5. The van der Waals surface area contributed by atoms with Gasteiger partial charge in [0, 0.05) is 10.6 Å². The zero-order valence-electron chi connectivity index (χ0n) is 7.00. The van der Waals surface area contributed by atoms with Crippen LogP contribution in [0.4, 0.5) is 0 Å². The summed E-state index contributed by atoms with van der Waals surface area (Å²) < 4.78 is 10.3. The van der Waals surface area contributed by atoms with Crippen LogP contribution in [0.3, 0.4) is 0 Å². The van der Waals surface area contributed by atoms with Gasteiger partial charge in [-0.1, -0.05) is 17.7 Å². The van der Waals surface area contributed by atoms with Gasteiger partial charge < -0.3 is 9.47 Å². The van der Waals surface area contributed by atoms with Gasteiger partial charge in [-0.05, 0) is 18.9 Å². The molecule has 0 unspecified atom stereocenters. The lowest BCUT2D eigenvalue weighted by molar-refractivity contribution is 0.262. The van der Waals surface area contributed by atoms with Crippen molar-refractivity contribution >= 4 is 11.6 Å². The molecule has 0 spiro atoms. The first kappa shape index (κ1) is 8.45. The second kappa shape index (κ2) is 3.71. The molecule has 2 aliphatic rings. The Morgan fingerprint density at radius 3 is 2.92 bits per heavy atom. The summed E-state index contributed by atoms with van der Waals surface area (Å²) in [6, 6.07) is 0. The van der Waals surface area contributed by atoms with Crippen molar-refractivity contribution in [2.45, 2.75) is 12.8 Å². The molecule has 1 heterocycles. The van der Waals surface area contributed by atoms with Gasteiger partial charge in [-0.15, -0.1) is 0 Å². The molecule has 0 saturated heterocycles. The first-order chi connectivity index (χ1) is 6.38. The van der Waals surface area contributed by atoms with Crippen LogP contribution in [0.15, 0.2) is 47.3 Å². The van der Waals surface area contributed by atoms with E-state index in [9.17, 15) is 0 Å². The molecule has 0 fully saturated rings. The fraction of sp³-hybridized carbons (Fsp3) is 0.200. The van der Waals surface area contributed by atoms with Crippen molar-refractivity contribution in [3.05, 3.63) is 47.3 Å². The van der Waals surface area contributed by atoms with Gasteiger partial charge in [-0.2, -0.15) is 0 Å². The number of rotatable bonds is 1. The van der Waals surface area contributed by atoms with E-state index >= 15 is 0 Å². The van der Waals surface area contributed by atoms with Crippen LogP contribution >= 0.6 is 11.6 Å². The van der Waals surface area contributed by atoms with Crippen molar-refractivity contribution in [3.8, 4) is 0 Å². The lowest BCUT2D eigenvalue weighted by Gasteiger charge is -2.15. The molecule has 2 rings (SSSR count). The van der Waals surface area contributed by atoms with E-state index in [-0.39, 0.29) is 0 Å². The Hall–Kier alpha value is -1.15. The summed E-state index contributed by atoms with van der Waals surface area (Å²) in [5, 5.41) is 0.733. The molecule has 68 valence electrons. The predicted octanol–water partition coefficient (Wildman–Crippen LogP) is 3.19. The number of halogens is 1. The normalized spacial score (nSPS) is 20.8. The second-order valence-corrected chi connectivity index (χ2v) is 3.18. The molecular weight excluding hydrogens is 188 g/mol. The van der Waals surface area contributed by atoms with E-state index < -0.39 is 0 Å². The van der Waals surface area contributed by atoms with Gasteiger partial charge in [-0.25, -0.2) is 0 Å². The van der Waals surface area contributed by atoms with Gasteiger partial charge in [0.05, 0.1) is 0 Å². The van der Waals surface area contributed by atoms with E-state index in [1.807, 2.05) is 12.2 Å². The lowest BCUT2D eigenvalue weighted by atomic mass is 10.0. The standard InChI is InChI=1S/C10H9ClO2/c11-9-4-2-1-3-8(9)10-7-12-5-6-13-10/h2,4-7H,1,3H2. The zero-order valence-corrected chi connectivity index (χ0v) is 7.75. The third-order valence-corrected chi connectivity index (χ3v) is 2.27. The van der Waals surface area contributed by atoms with Gasteiger partial charge in [0.1, 0.15) is 18.8 Å². The molecule has 0 aromatic heterocycles. The van der Waals surface area contributed by atoms with Gasteiger partial charge in [0.25, 0.3) is 0 Å². The van der Waals surface area contributed by atoms with Crippen LogP contribution in [0.2, 0.25) is 0 Å². The van der Waals surface area contributed by atoms with Crippen LogP contribution in [-0.2, 0) is 9.47 Å². The Morgan fingerprint density at radius 2 is 2.23 bits per heavy atom. The third-order valence-electron chi connectivity index (χ3n) is 1.92. The van der Waals surface area contributed by atoms with Gasteiger partial charge in [-0.3, -0.25) is 0 Å². The highest BCUT2D eigenvalue weighted by Crippen LogP contribution is 2.29. The molecule has 0 aromatic rings. The molecule has 1 aliphatic carbocycles. The van der Waals surface area contributed by atoms with Crippen molar-refractivity contribution in [3.63, 3.8) is 0 Å². The first-order valence-electron chi connectivity index (χ1n) is 4.11. The summed E-state index contributed by atoms with van der Waals surface area (Å²) in [6.07, 6.45) is 10.4. The smallest absolute Gasteiger partial charge is 0.166 e. The minimum Gasteiger partial charge on any atom is -0.466 e. The van der Waals surface area contributed by atoms with Crippen LogP contribution in [0, 0.1) is 0 Å². The van der Waals surface area contributed by atoms with E-state index in [1.54, 1.807) is 6.26 Å². The summed E-state index contributed by atoms with van der Waals surface area (Å²) in [6.45, 7) is 0. The molecule has 13 heavy (non-hydrogen) atoms. The monoisotopic (exact) mass is 196 g/mol. The van der Waals surface area contributed by atoms with Crippen LogP contribution in [0.25, 0.3) is 0 Å². The molecule has 0 saturated carbocycles. The average Bonchev–Trinajstić information content (AvgIpc) is 2.20. The highest BCUT2D eigenvalue weighted by Gasteiger charge is 2.14. The molecule has 1 aliphatic heterocycles. The summed E-state index contributed by atoms with van der Waals surface area (Å²) in [5.41, 5.74) is 1.01. The summed E-state index contributed by atoms with van der Waals surface area (Å²) >= 11 is 6.01. The quantitative estimate of drug-likeness (QED) is 0.641. The number of allylic oxidation sites excluding steroid dienone is 4. The Morgan fingerprint density at radius 1 is 1.31 bits per heavy atom. The van der Waals surface area contributed by atoms with Gasteiger partial charge >= 0.3 is 0 Å². The molecule has 0 aromatic carbocycles. The molecule has 0 radical (unpaired) electrons. The Bertz CT molecular complexity index is 324. The fourth-order valence-corrected chi connectivity index (χ4v) is 1.56. The minimum absolute atomic E-state index is 0.705. The topological polar surface area (TPSA) is 18.5 Å². The van der Waals surface area contributed by atoms with Gasteiger partial charge in [0.15, 0.2) is 5.76 Å².